The first-order valence-electron chi connectivity index (χ1n) is 7.49. The van der Waals surface area contributed by atoms with Gasteiger partial charge in [-0.25, -0.2) is 0 Å². The molecule has 0 atom stereocenters. The van der Waals surface area contributed by atoms with Gasteiger partial charge in [-0.2, -0.15) is 4.98 Å². The molecule has 19 heavy (non-hydrogen) atoms. The number of nitrogens with two attached hydrogens (primary N) is 1. The minimum absolute atomic E-state index is 0.462. The van der Waals surface area contributed by atoms with E-state index in [1.807, 2.05) is 0 Å². The van der Waals surface area contributed by atoms with Gasteiger partial charge in [-0.3, -0.25) is 0 Å². The fraction of sp³-hybridized carbons (Fsp3) is 0.857. The summed E-state index contributed by atoms with van der Waals surface area (Å²) in [6, 6.07) is 0. The van der Waals surface area contributed by atoms with E-state index < -0.39 is 5.54 Å². The minimum Gasteiger partial charge on any atom is -0.381 e. The maximum atomic E-state index is 6.38. The molecule has 0 amide bonds. The van der Waals surface area contributed by atoms with Crippen molar-refractivity contribution in [2.24, 2.45) is 5.73 Å². The van der Waals surface area contributed by atoms with Crippen LogP contribution in [0.3, 0.4) is 0 Å². The van der Waals surface area contributed by atoms with Crippen LogP contribution in [0.2, 0.25) is 0 Å². The fourth-order valence-corrected chi connectivity index (χ4v) is 3.09. The van der Waals surface area contributed by atoms with Gasteiger partial charge in [0.2, 0.25) is 5.89 Å². The van der Waals surface area contributed by atoms with E-state index in [9.17, 15) is 0 Å². The molecule has 0 unspecified atom stereocenters. The van der Waals surface area contributed by atoms with Crippen LogP contribution in [0.5, 0.6) is 0 Å². The summed E-state index contributed by atoms with van der Waals surface area (Å²) in [4.78, 5) is 4.61. The summed E-state index contributed by atoms with van der Waals surface area (Å²) in [5.41, 5.74) is 5.90. The van der Waals surface area contributed by atoms with E-state index in [1.165, 1.54) is 38.5 Å². The largest absolute Gasteiger partial charge is 0.381 e. The normalized spacial score (nSPS) is 25.1. The van der Waals surface area contributed by atoms with E-state index in [4.69, 9.17) is 15.0 Å². The van der Waals surface area contributed by atoms with E-state index in [2.05, 4.69) is 10.1 Å². The van der Waals surface area contributed by atoms with Crippen LogP contribution in [0.1, 0.15) is 69.0 Å². The van der Waals surface area contributed by atoms with E-state index in [0.29, 0.717) is 25.0 Å². The molecule has 1 aliphatic carbocycles. The average Bonchev–Trinajstić information content (AvgIpc) is 2.77. The predicted molar refractivity (Wildman–Crippen MR) is 70.7 cm³/mol. The smallest absolute Gasteiger partial charge is 0.246 e. The summed E-state index contributed by atoms with van der Waals surface area (Å²) in [5, 5.41) is 4.20. The van der Waals surface area contributed by atoms with Gasteiger partial charge in [0.25, 0.3) is 0 Å². The highest BCUT2D eigenvalue weighted by molar-refractivity contribution is 5.06. The lowest BCUT2D eigenvalue weighted by atomic mass is 9.91. The summed E-state index contributed by atoms with van der Waals surface area (Å²) >= 11 is 0. The molecule has 2 N–H and O–H groups in total. The Morgan fingerprint density at radius 1 is 1.05 bits per heavy atom. The highest BCUT2D eigenvalue weighted by Crippen LogP contribution is 2.33. The number of rotatable bonds is 2. The Labute approximate surface area is 113 Å². The summed E-state index contributed by atoms with van der Waals surface area (Å²) in [6.07, 6.45) is 9.10. The van der Waals surface area contributed by atoms with Crippen LogP contribution in [-0.2, 0) is 10.3 Å². The quantitative estimate of drug-likeness (QED) is 0.831. The molecule has 1 saturated carbocycles. The second kappa shape index (κ2) is 5.59. The van der Waals surface area contributed by atoms with E-state index in [-0.39, 0.29) is 0 Å². The highest BCUT2D eigenvalue weighted by Gasteiger charge is 2.36. The molecular weight excluding hydrogens is 242 g/mol. The Bertz CT molecular complexity index is 405. The fourth-order valence-electron chi connectivity index (χ4n) is 3.09. The van der Waals surface area contributed by atoms with Crippen LogP contribution >= 0.6 is 0 Å². The van der Waals surface area contributed by atoms with Gasteiger partial charge >= 0.3 is 0 Å². The second-order valence-corrected chi connectivity index (χ2v) is 5.91. The van der Waals surface area contributed by atoms with E-state index >= 15 is 0 Å². The number of hydrogen-bond acceptors (Lipinski definition) is 5. The predicted octanol–water partition coefficient (Wildman–Crippen LogP) is 2.47. The van der Waals surface area contributed by atoms with Gasteiger partial charge in [0.1, 0.15) is 5.54 Å². The van der Waals surface area contributed by atoms with Crippen molar-refractivity contribution in [3.05, 3.63) is 11.7 Å². The molecule has 0 radical (unpaired) electrons. The van der Waals surface area contributed by atoms with Crippen molar-refractivity contribution in [1.82, 2.24) is 10.1 Å². The zero-order valence-corrected chi connectivity index (χ0v) is 11.4. The Balaban J connectivity index is 1.74. The lowest BCUT2D eigenvalue weighted by molar-refractivity contribution is 0.0400. The van der Waals surface area contributed by atoms with Gasteiger partial charge < -0.3 is 15.0 Å². The Morgan fingerprint density at radius 2 is 1.74 bits per heavy atom. The molecule has 3 rings (SSSR count). The summed E-state index contributed by atoms with van der Waals surface area (Å²) in [5.74, 6) is 1.94. The Hall–Kier alpha value is -0.940. The van der Waals surface area contributed by atoms with Crippen molar-refractivity contribution in [1.29, 1.82) is 0 Å². The number of nitrogens with zero attached hydrogens (tertiary/aromatic N) is 2. The first-order chi connectivity index (χ1) is 9.28. The van der Waals surface area contributed by atoms with Crippen molar-refractivity contribution in [3.63, 3.8) is 0 Å². The van der Waals surface area contributed by atoms with Crippen LogP contribution in [0.15, 0.2) is 4.52 Å². The van der Waals surface area contributed by atoms with Gasteiger partial charge in [0.05, 0.1) is 0 Å². The van der Waals surface area contributed by atoms with Crippen LogP contribution in [-0.4, -0.2) is 23.4 Å². The van der Waals surface area contributed by atoms with Gasteiger partial charge in [-0.1, -0.05) is 30.8 Å². The Kier molecular flexibility index (Phi) is 3.84. The molecule has 2 aliphatic rings. The number of ether oxygens (including phenoxy) is 1. The third-order valence-electron chi connectivity index (χ3n) is 4.47. The minimum atomic E-state index is -0.478. The van der Waals surface area contributed by atoms with Gasteiger partial charge in [-0.05, 0) is 25.7 Å². The first-order valence-corrected chi connectivity index (χ1v) is 7.49. The summed E-state index contributed by atoms with van der Waals surface area (Å²) in [7, 11) is 0. The third kappa shape index (κ3) is 2.82. The van der Waals surface area contributed by atoms with Crippen LogP contribution in [0, 0.1) is 0 Å². The van der Waals surface area contributed by atoms with Crippen molar-refractivity contribution in [2.45, 2.75) is 62.8 Å². The van der Waals surface area contributed by atoms with Crippen LogP contribution in [0.4, 0.5) is 0 Å². The van der Waals surface area contributed by atoms with Crippen LogP contribution < -0.4 is 5.73 Å². The third-order valence-corrected chi connectivity index (χ3v) is 4.47. The zero-order valence-electron chi connectivity index (χ0n) is 11.4. The van der Waals surface area contributed by atoms with E-state index in [1.54, 1.807) is 0 Å². The molecule has 5 heteroatoms. The molecule has 1 aromatic rings. The maximum absolute atomic E-state index is 6.38. The van der Waals surface area contributed by atoms with Crippen molar-refractivity contribution >= 4 is 0 Å². The van der Waals surface area contributed by atoms with Gasteiger partial charge in [0, 0.05) is 19.1 Å². The maximum Gasteiger partial charge on any atom is 0.246 e. The average molecular weight is 265 g/mol. The van der Waals surface area contributed by atoms with Crippen molar-refractivity contribution < 1.29 is 9.26 Å². The zero-order chi connectivity index (χ0) is 13.1. The standard InChI is InChI=1S/C14H23N3O2/c15-14(7-9-18-10-8-14)13-16-12(17-19-13)11-5-3-1-2-4-6-11/h11H,1-10,15H2. The molecule has 0 bridgehead atoms. The lowest BCUT2D eigenvalue weighted by Crippen LogP contribution is -2.42. The molecule has 0 spiro atoms. The first kappa shape index (κ1) is 13.1. The van der Waals surface area contributed by atoms with E-state index in [0.717, 1.165) is 18.7 Å². The molecule has 2 heterocycles. The monoisotopic (exact) mass is 265 g/mol. The number of hydrogen-bond donors (Lipinski definition) is 1. The van der Waals surface area contributed by atoms with Crippen molar-refractivity contribution in [3.8, 4) is 0 Å². The molecule has 1 aliphatic heterocycles. The second-order valence-electron chi connectivity index (χ2n) is 5.91. The molecule has 5 nitrogen and oxygen atoms in total. The molecule has 0 aromatic carbocycles. The number of aromatic nitrogens is 2. The van der Waals surface area contributed by atoms with Crippen LogP contribution in [0.25, 0.3) is 0 Å². The summed E-state index contributed by atoms with van der Waals surface area (Å²) in [6.45, 7) is 1.36. The molecule has 1 aromatic heterocycles. The molecule has 106 valence electrons. The Morgan fingerprint density at radius 3 is 2.42 bits per heavy atom. The molecule has 2 fully saturated rings. The lowest BCUT2D eigenvalue weighted by Gasteiger charge is -2.29. The highest BCUT2D eigenvalue weighted by atomic mass is 16.5. The molecule has 1 saturated heterocycles. The van der Waals surface area contributed by atoms with Crippen molar-refractivity contribution in [2.75, 3.05) is 13.2 Å². The topological polar surface area (TPSA) is 74.2 Å². The van der Waals surface area contributed by atoms with Gasteiger partial charge in [-0.15, -0.1) is 0 Å². The molecular formula is C14H23N3O2. The summed E-state index contributed by atoms with van der Waals surface area (Å²) < 4.78 is 10.8. The van der Waals surface area contributed by atoms with Gasteiger partial charge in [0.15, 0.2) is 5.82 Å². The SMILES string of the molecule is NC1(c2nc(C3CCCCCC3)no2)CCOCC1.